The van der Waals surface area contributed by atoms with Crippen LogP contribution < -0.4 is 0 Å². The number of benzene rings is 4. The summed E-state index contributed by atoms with van der Waals surface area (Å²) < 4.78 is 0. The van der Waals surface area contributed by atoms with Crippen molar-refractivity contribution in [2.24, 2.45) is 0 Å². The van der Waals surface area contributed by atoms with E-state index in [1.54, 1.807) is 0 Å². The average molecular weight is 731 g/mol. The van der Waals surface area contributed by atoms with Crippen LogP contribution in [0.4, 0.5) is 0 Å². The summed E-state index contributed by atoms with van der Waals surface area (Å²) in [6.45, 7) is 3.06. The number of rotatable bonds is 2. The number of hydrogen-bond acceptors (Lipinski definition) is 2. The van der Waals surface area contributed by atoms with E-state index in [4.69, 9.17) is 0 Å². The van der Waals surface area contributed by atoms with Crippen molar-refractivity contribution in [2.45, 2.75) is 0 Å². The molecule has 0 aliphatic rings. The molecule has 0 unspecified atom stereocenters. The van der Waals surface area contributed by atoms with Crippen molar-refractivity contribution in [3.8, 4) is 22.5 Å². The van der Waals surface area contributed by atoms with Crippen LogP contribution in [0.2, 0.25) is 0 Å². The van der Waals surface area contributed by atoms with Gasteiger partial charge in [-0.2, -0.15) is 97.1 Å². The van der Waals surface area contributed by atoms with Gasteiger partial charge in [-0.1, -0.05) is 24.3 Å². The van der Waals surface area contributed by atoms with Crippen molar-refractivity contribution in [2.75, 3.05) is 0 Å². The molecule has 0 amide bonds. The number of halogens is 2. The molecule has 228 valence electrons. The Morgan fingerprint density at radius 1 is 0.457 bits per heavy atom. The van der Waals surface area contributed by atoms with Crippen molar-refractivity contribution < 1.29 is 23.3 Å². The van der Waals surface area contributed by atoms with Crippen LogP contribution in [-0.2, 0) is 23.3 Å². The van der Waals surface area contributed by atoms with Crippen molar-refractivity contribution in [3.63, 3.8) is 0 Å². The van der Waals surface area contributed by atoms with Gasteiger partial charge in [0, 0.05) is 12.4 Å². The molecule has 0 fully saturated rings. The molecule has 2 heterocycles. The van der Waals surface area contributed by atoms with Gasteiger partial charge in [0.1, 0.15) is 0 Å². The minimum absolute atomic E-state index is 0. The third kappa shape index (κ3) is 11.8. The average Bonchev–Trinajstić information content (AvgIpc) is 3.83. The standard InChI is InChI=1S/2C14H10N.2C6H5.2ClH.Si.Zr/c2*1-2-10-15-14(9-1)13-8-4-6-11-5-3-7-12(11)13;2*1-2-4-6-5-3-1;;;;/h2*1-10H;2*1-5H;2*1H;;/q4*-1;;;;. The largest absolute Gasteiger partial charge is 0.257 e. The van der Waals surface area contributed by atoms with E-state index in [1.165, 1.54) is 56.0 Å². The van der Waals surface area contributed by atoms with Gasteiger partial charge in [0.2, 0.25) is 0 Å². The van der Waals surface area contributed by atoms with Crippen molar-refractivity contribution >= 4 is 53.2 Å². The molecule has 0 atom stereocenters. The first kappa shape index (κ1) is 38.3. The van der Waals surface area contributed by atoms with E-state index in [0.29, 0.717) is 0 Å². The molecule has 2 radical (unpaired) electrons. The third-order valence-electron chi connectivity index (χ3n) is 6.45. The van der Waals surface area contributed by atoms with Gasteiger partial charge >= 0.3 is 30.2 Å². The van der Waals surface area contributed by atoms with E-state index in [1.807, 2.05) is 109 Å². The molecule has 6 heteroatoms. The second kappa shape index (κ2) is 22.6. The van der Waals surface area contributed by atoms with Gasteiger partial charge in [0.25, 0.3) is 0 Å². The summed E-state index contributed by atoms with van der Waals surface area (Å²) >= 11 is 1.36. The summed E-state index contributed by atoms with van der Waals surface area (Å²) in [7, 11) is 0. The fourth-order valence-electron chi connectivity index (χ4n) is 4.50. The Kier molecular flexibility index (Phi) is 18.8. The van der Waals surface area contributed by atoms with Crippen LogP contribution in [0.3, 0.4) is 0 Å². The number of fused-ring (bicyclic) bond motifs is 2. The Balaban J connectivity index is 0.000000222. The van der Waals surface area contributed by atoms with E-state index in [2.05, 4.69) is 102 Å². The first-order chi connectivity index (χ1) is 21.9. The zero-order chi connectivity index (χ0) is 30.7. The molecule has 0 aliphatic heterocycles. The first-order valence-electron chi connectivity index (χ1n) is 14.1. The quantitative estimate of drug-likeness (QED) is 0.131. The van der Waals surface area contributed by atoms with E-state index < -0.39 is 0 Å². The molecule has 0 N–H and O–H groups in total. The van der Waals surface area contributed by atoms with Crippen molar-refractivity contribution in [1.82, 2.24) is 9.97 Å². The van der Waals surface area contributed by atoms with Gasteiger partial charge in [-0.3, -0.25) is 9.97 Å². The zero-order valence-electron chi connectivity index (χ0n) is 25.0. The summed E-state index contributed by atoms with van der Waals surface area (Å²) in [4.78, 5) is 8.76. The van der Waals surface area contributed by atoms with Crippen LogP contribution in [0.15, 0.2) is 182 Å². The van der Waals surface area contributed by atoms with Crippen LogP contribution in [0.5, 0.6) is 0 Å². The minimum atomic E-state index is 0. The topological polar surface area (TPSA) is 25.8 Å². The van der Waals surface area contributed by atoms with Crippen LogP contribution in [0.1, 0.15) is 0 Å². The monoisotopic (exact) mass is 728 g/mol. The molecule has 0 bridgehead atoms. The predicted molar refractivity (Wildman–Crippen MR) is 196 cm³/mol. The number of aromatic nitrogens is 2. The molecular weight excluding hydrogens is 699 g/mol. The van der Waals surface area contributed by atoms with Crippen molar-refractivity contribution in [3.05, 3.63) is 194 Å². The van der Waals surface area contributed by atoms with Crippen LogP contribution in [0.25, 0.3) is 44.1 Å². The summed E-state index contributed by atoms with van der Waals surface area (Å²) in [6, 6.07) is 62.3. The maximum Gasteiger partial charge on any atom is 0.0607 e. The normalized spacial score (nSPS) is 9.11. The van der Waals surface area contributed by atoms with E-state index in [-0.39, 0.29) is 24.8 Å². The summed E-state index contributed by atoms with van der Waals surface area (Å²) in [5, 5.41) is 5.10. The predicted octanol–water partition coefficient (Wildman–Crippen LogP) is 10.7. The second-order valence-corrected chi connectivity index (χ2v) is 9.25. The van der Waals surface area contributed by atoms with Gasteiger partial charge in [0.15, 0.2) is 0 Å². The van der Waals surface area contributed by atoms with Crippen molar-refractivity contribution in [1.29, 1.82) is 0 Å². The molecular formula is C40H32Cl2N2SiZr-4. The molecule has 2 aromatic heterocycles. The van der Waals surface area contributed by atoms with Crippen LogP contribution in [0, 0.1) is 12.1 Å². The Bertz CT molecular complexity index is 1700. The number of pyridine rings is 2. The van der Waals surface area contributed by atoms with E-state index in [9.17, 15) is 0 Å². The molecule has 0 spiro atoms. The zero-order valence-corrected chi connectivity index (χ0v) is 30.1. The SMILES string of the molecule is Cl.Cl.[Si]=[Zr].[c-]1ccccc1.[c-]1ccccc1.c1ccc(-c2cccc3[cH-]ccc23)nc1.c1ccc(-c2cccc3[cH-]ccc23)nc1. The summed E-state index contributed by atoms with van der Waals surface area (Å²) in [5.74, 6) is 0. The van der Waals surface area contributed by atoms with Gasteiger partial charge in [-0.05, 0) is 35.4 Å². The molecule has 0 saturated heterocycles. The smallest absolute Gasteiger partial charge is 0.0607 e. The Labute approximate surface area is 301 Å². The molecule has 0 aliphatic carbocycles. The Morgan fingerprint density at radius 2 is 0.870 bits per heavy atom. The van der Waals surface area contributed by atoms with E-state index in [0.717, 1.165) is 11.4 Å². The molecule has 6 aromatic carbocycles. The molecule has 2 nitrogen and oxygen atoms in total. The van der Waals surface area contributed by atoms with E-state index >= 15 is 0 Å². The number of hydrogen-bond donors (Lipinski definition) is 0. The third-order valence-corrected chi connectivity index (χ3v) is 6.45. The Morgan fingerprint density at radius 3 is 1.17 bits per heavy atom. The molecule has 8 aromatic rings. The maximum absolute atomic E-state index is 4.38. The summed E-state index contributed by atoms with van der Waals surface area (Å²) in [6.07, 6.45) is 3.66. The minimum Gasteiger partial charge on any atom is -0.257 e. The molecule has 0 saturated carbocycles. The van der Waals surface area contributed by atoms with Crippen LogP contribution >= 0.6 is 24.8 Å². The fourth-order valence-corrected chi connectivity index (χ4v) is 4.50. The molecule has 8 rings (SSSR count). The molecule has 46 heavy (non-hydrogen) atoms. The van der Waals surface area contributed by atoms with Gasteiger partial charge in [0.05, 0.1) is 11.4 Å². The Hall–Kier alpha value is -3.92. The van der Waals surface area contributed by atoms with Gasteiger partial charge in [-0.25, -0.2) is 0 Å². The van der Waals surface area contributed by atoms with Crippen LogP contribution in [-0.4, -0.2) is 16.8 Å². The van der Waals surface area contributed by atoms with Gasteiger partial charge in [-0.15, -0.1) is 82.8 Å². The maximum atomic E-state index is 4.38. The first-order valence-corrected chi connectivity index (χ1v) is 18.3. The number of nitrogens with zero attached hydrogens (tertiary/aromatic N) is 2. The van der Waals surface area contributed by atoms with Gasteiger partial charge < -0.3 is 0 Å². The second-order valence-electron chi connectivity index (χ2n) is 9.25. The fraction of sp³-hybridized carbons (Fsp3) is 0. The summed E-state index contributed by atoms with van der Waals surface area (Å²) in [5.41, 5.74) is 4.49.